The van der Waals surface area contributed by atoms with E-state index >= 15 is 0 Å². The third kappa shape index (κ3) is 2.23. The van der Waals surface area contributed by atoms with Gasteiger partial charge in [0.2, 0.25) is 0 Å². The highest BCUT2D eigenvalue weighted by atomic mass is 79.9. The molecule has 2 nitrogen and oxygen atoms in total. The topological polar surface area (TPSA) is 36.7 Å². The van der Waals surface area contributed by atoms with Gasteiger partial charge in [0, 0.05) is 10.9 Å². The Morgan fingerprint density at radius 2 is 2.12 bits per heavy atom. The van der Waals surface area contributed by atoms with Crippen molar-refractivity contribution in [1.82, 2.24) is 4.98 Å². The summed E-state index contributed by atoms with van der Waals surface area (Å²) in [5.41, 5.74) is 0.903. The van der Waals surface area contributed by atoms with E-state index in [1.807, 2.05) is 6.07 Å². The minimum Gasteiger partial charge on any atom is -0.236 e. The molecule has 1 aromatic heterocycles. The molecule has 0 unspecified atom stereocenters. The van der Waals surface area contributed by atoms with Gasteiger partial charge < -0.3 is 0 Å². The van der Waals surface area contributed by atoms with E-state index in [2.05, 4.69) is 20.9 Å². The Morgan fingerprint density at radius 3 is 2.76 bits per heavy atom. The molecule has 6 heteroatoms. The van der Waals surface area contributed by atoms with Gasteiger partial charge in [-0.2, -0.15) is 5.26 Å². The maximum Gasteiger partial charge on any atom is 0.138 e. The number of aromatic nitrogens is 1. The number of nitrogens with zero attached hydrogens (tertiary/aromatic N) is 2. The third-order valence-corrected chi connectivity index (χ3v) is 3.62. The molecule has 0 fully saturated rings. The van der Waals surface area contributed by atoms with E-state index in [0.29, 0.717) is 16.5 Å². The molecule has 1 heterocycles. The first-order valence-electron chi connectivity index (χ1n) is 4.54. The van der Waals surface area contributed by atoms with Crippen LogP contribution in [0.15, 0.2) is 16.6 Å². The number of benzene rings is 1. The van der Waals surface area contributed by atoms with Crippen LogP contribution in [0.1, 0.15) is 5.56 Å². The van der Waals surface area contributed by atoms with Crippen LogP contribution >= 0.6 is 39.1 Å². The fraction of sp³-hybridized carbons (Fsp3) is 0.0909. The number of hydrogen-bond donors (Lipinski definition) is 0. The molecule has 0 radical (unpaired) electrons. The van der Waals surface area contributed by atoms with Crippen molar-refractivity contribution in [2.45, 2.75) is 6.42 Å². The van der Waals surface area contributed by atoms with Gasteiger partial charge in [-0.25, -0.2) is 9.37 Å². The molecule has 0 saturated heterocycles. The average molecular weight is 334 g/mol. The lowest BCUT2D eigenvalue weighted by Crippen LogP contribution is -1.93. The molecule has 1 aromatic carbocycles. The van der Waals surface area contributed by atoms with Gasteiger partial charge in [0.05, 0.1) is 27.5 Å². The van der Waals surface area contributed by atoms with Gasteiger partial charge in [-0.15, -0.1) is 0 Å². The van der Waals surface area contributed by atoms with Gasteiger partial charge in [-0.05, 0) is 28.1 Å². The fourth-order valence-corrected chi connectivity index (χ4v) is 2.40. The van der Waals surface area contributed by atoms with Crippen LogP contribution in [-0.2, 0) is 6.42 Å². The average Bonchev–Trinajstić information content (AvgIpc) is 2.28. The Labute approximate surface area is 115 Å². The summed E-state index contributed by atoms with van der Waals surface area (Å²) < 4.78 is 13.7. The van der Waals surface area contributed by atoms with Crippen molar-refractivity contribution in [1.29, 1.82) is 5.26 Å². The molecule has 0 amide bonds. The van der Waals surface area contributed by atoms with Gasteiger partial charge in [-0.1, -0.05) is 23.2 Å². The minimum atomic E-state index is -0.438. The van der Waals surface area contributed by atoms with Crippen molar-refractivity contribution >= 4 is 50.0 Å². The number of rotatable bonds is 1. The molecule has 86 valence electrons. The van der Waals surface area contributed by atoms with Crippen LogP contribution in [0.4, 0.5) is 4.39 Å². The Bertz CT molecular complexity index is 652. The largest absolute Gasteiger partial charge is 0.236 e. The molecule has 0 atom stereocenters. The Morgan fingerprint density at radius 1 is 1.41 bits per heavy atom. The summed E-state index contributed by atoms with van der Waals surface area (Å²) in [6.07, 6.45) is 0.0400. The van der Waals surface area contributed by atoms with Crippen LogP contribution in [0, 0.1) is 17.1 Å². The normalized spacial score (nSPS) is 10.5. The highest BCUT2D eigenvalue weighted by Crippen LogP contribution is 2.33. The Kier molecular flexibility index (Phi) is 3.53. The molecular formula is C11H4BrCl2FN2. The molecule has 0 aliphatic rings. The van der Waals surface area contributed by atoms with E-state index < -0.39 is 5.82 Å². The van der Waals surface area contributed by atoms with E-state index in [1.165, 1.54) is 12.1 Å². The predicted octanol–water partition coefficient (Wildman–Crippen LogP) is 4.51. The summed E-state index contributed by atoms with van der Waals surface area (Å²) in [4.78, 5) is 4.09. The van der Waals surface area contributed by atoms with Gasteiger partial charge in [0.1, 0.15) is 11.0 Å². The Hall–Kier alpha value is -0.890. The zero-order chi connectivity index (χ0) is 12.6. The second-order valence-corrected chi connectivity index (χ2v) is 4.90. The van der Waals surface area contributed by atoms with Crippen molar-refractivity contribution in [2.24, 2.45) is 0 Å². The molecule has 0 N–H and O–H groups in total. The molecule has 2 rings (SSSR count). The van der Waals surface area contributed by atoms with Gasteiger partial charge in [0.25, 0.3) is 0 Å². The van der Waals surface area contributed by atoms with Crippen molar-refractivity contribution in [3.8, 4) is 6.07 Å². The van der Waals surface area contributed by atoms with Crippen molar-refractivity contribution in [3.05, 3.63) is 38.2 Å². The lowest BCUT2D eigenvalue weighted by atomic mass is 10.1. The molecule has 0 aliphatic carbocycles. The van der Waals surface area contributed by atoms with Crippen LogP contribution in [0.25, 0.3) is 10.9 Å². The Balaban J connectivity index is 2.83. The van der Waals surface area contributed by atoms with Crippen LogP contribution in [-0.4, -0.2) is 4.98 Å². The SMILES string of the molecule is N#CCc1c(Cl)nc2cc(Br)c(F)cc2c1Cl. The van der Waals surface area contributed by atoms with Crippen molar-refractivity contribution in [2.75, 3.05) is 0 Å². The summed E-state index contributed by atoms with van der Waals surface area (Å²) in [5.74, 6) is -0.438. The summed E-state index contributed by atoms with van der Waals surface area (Å²) in [5, 5.41) is 9.55. The molecule has 2 aromatic rings. The number of hydrogen-bond acceptors (Lipinski definition) is 2. The summed E-state index contributed by atoms with van der Waals surface area (Å²) in [6.45, 7) is 0. The molecule has 17 heavy (non-hydrogen) atoms. The summed E-state index contributed by atoms with van der Waals surface area (Å²) in [6, 6.07) is 4.71. The zero-order valence-electron chi connectivity index (χ0n) is 8.27. The van der Waals surface area contributed by atoms with Crippen LogP contribution in [0.2, 0.25) is 10.2 Å². The first kappa shape index (κ1) is 12.6. The molecule has 0 spiro atoms. The standard InChI is InChI=1S/C11H4BrCl2FN2/c12-7-4-9-6(3-8(7)15)10(13)5(1-2-16)11(14)17-9/h3-4H,1H2. The lowest BCUT2D eigenvalue weighted by molar-refractivity contribution is 0.623. The predicted molar refractivity (Wildman–Crippen MR) is 68.7 cm³/mol. The number of nitriles is 1. The molecular weight excluding hydrogens is 330 g/mol. The first-order chi connectivity index (χ1) is 8.04. The molecule has 0 saturated carbocycles. The number of halogens is 4. The fourth-order valence-electron chi connectivity index (χ4n) is 1.46. The van der Waals surface area contributed by atoms with E-state index in [9.17, 15) is 4.39 Å². The smallest absolute Gasteiger partial charge is 0.138 e. The van der Waals surface area contributed by atoms with Gasteiger partial charge in [0.15, 0.2) is 0 Å². The number of fused-ring (bicyclic) bond motifs is 1. The highest BCUT2D eigenvalue weighted by molar-refractivity contribution is 9.10. The van der Waals surface area contributed by atoms with Crippen LogP contribution in [0.5, 0.6) is 0 Å². The first-order valence-corrected chi connectivity index (χ1v) is 6.09. The van der Waals surface area contributed by atoms with Crippen LogP contribution in [0.3, 0.4) is 0 Å². The van der Waals surface area contributed by atoms with Gasteiger partial charge >= 0.3 is 0 Å². The van der Waals surface area contributed by atoms with E-state index in [1.54, 1.807) is 0 Å². The summed E-state index contributed by atoms with van der Waals surface area (Å²) in [7, 11) is 0. The summed E-state index contributed by atoms with van der Waals surface area (Å²) >= 11 is 15.1. The zero-order valence-corrected chi connectivity index (χ0v) is 11.4. The molecule has 0 bridgehead atoms. The quantitative estimate of drug-likeness (QED) is 0.720. The minimum absolute atomic E-state index is 0.0400. The maximum absolute atomic E-state index is 13.4. The monoisotopic (exact) mass is 332 g/mol. The third-order valence-electron chi connectivity index (χ3n) is 2.26. The van der Waals surface area contributed by atoms with Crippen molar-refractivity contribution in [3.63, 3.8) is 0 Å². The lowest BCUT2D eigenvalue weighted by Gasteiger charge is -2.07. The maximum atomic E-state index is 13.4. The van der Waals surface area contributed by atoms with Crippen molar-refractivity contribution < 1.29 is 4.39 Å². The molecule has 0 aliphatic heterocycles. The van der Waals surface area contributed by atoms with E-state index in [0.717, 1.165) is 0 Å². The van der Waals surface area contributed by atoms with E-state index in [4.69, 9.17) is 28.5 Å². The number of pyridine rings is 1. The van der Waals surface area contributed by atoms with Gasteiger partial charge in [-0.3, -0.25) is 0 Å². The van der Waals surface area contributed by atoms with E-state index in [-0.39, 0.29) is 21.1 Å². The van der Waals surface area contributed by atoms with Crippen LogP contribution < -0.4 is 0 Å². The second kappa shape index (κ2) is 4.77. The highest BCUT2D eigenvalue weighted by Gasteiger charge is 2.14. The second-order valence-electron chi connectivity index (χ2n) is 3.31.